The maximum absolute atomic E-state index is 5.82. The first-order valence-corrected chi connectivity index (χ1v) is 6.36. The third-order valence-electron chi connectivity index (χ3n) is 3.28. The molecule has 0 amide bonds. The summed E-state index contributed by atoms with van der Waals surface area (Å²) in [5, 5.41) is 5.93. The quantitative estimate of drug-likeness (QED) is 0.906. The van der Waals surface area contributed by atoms with Gasteiger partial charge in [-0.05, 0) is 30.7 Å². The number of nitrogens with zero attached hydrogens (tertiary/aromatic N) is 2. The Morgan fingerprint density at radius 2 is 2.35 bits per heavy atom. The van der Waals surface area contributed by atoms with Gasteiger partial charge in [-0.2, -0.15) is 4.98 Å². The van der Waals surface area contributed by atoms with E-state index in [0.717, 1.165) is 24.1 Å². The predicted octanol–water partition coefficient (Wildman–Crippen LogP) is 2.41. The molecule has 5 nitrogen and oxygen atoms in total. The molecule has 2 heterocycles. The molecule has 90 valence electrons. The summed E-state index contributed by atoms with van der Waals surface area (Å²) < 4.78 is 10.8. The smallest absolute Gasteiger partial charge is 0.270 e. The van der Waals surface area contributed by atoms with E-state index in [1.165, 1.54) is 11.3 Å². The number of rotatable bonds is 3. The molecule has 3 rings (SSSR count). The minimum absolute atomic E-state index is 0.340. The third-order valence-corrected chi connectivity index (χ3v) is 4.19. The van der Waals surface area contributed by atoms with Gasteiger partial charge in [0, 0.05) is 7.11 Å². The first-order chi connectivity index (χ1) is 8.25. The number of ether oxygens (including phenoxy) is 1. The molecular weight excluding hydrogens is 238 g/mol. The van der Waals surface area contributed by atoms with Crippen molar-refractivity contribution in [1.82, 2.24) is 10.1 Å². The van der Waals surface area contributed by atoms with Crippen LogP contribution in [0, 0.1) is 0 Å². The van der Waals surface area contributed by atoms with Gasteiger partial charge in [-0.15, -0.1) is 11.3 Å². The van der Waals surface area contributed by atoms with Gasteiger partial charge in [0.2, 0.25) is 5.82 Å². The zero-order chi connectivity index (χ0) is 11.9. The Labute approximate surface area is 103 Å². The van der Waals surface area contributed by atoms with Crippen molar-refractivity contribution in [3.63, 3.8) is 0 Å². The Kier molecular flexibility index (Phi) is 2.41. The van der Waals surface area contributed by atoms with Crippen LogP contribution >= 0.6 is 11.3 Å². The van der Waals surface area contributed by atoms with Crippen LogP contribution in [0.1, 0.15) is 25.1 Å². The lowest BCUT2D eigenvalue weighted by molar-refractivity contribution is -0.0858. The second-order valence-corrected chi connectivity index (χ2v) is 5.10. The zero-order valence-electron chi connectivity index (χ0n) is 9.47. The van der Waals surface area contributed by atoms with Gasteiger partial charge in [-0.3, -0.25) is 0 Å². The summed E-state index contributed by atoms with van der Waals surface area (Å²) in [6.07, 6.45) is 3.03. The molecule has 2 aromatic rings. The van der Waals surface area contributed by atoms with Gasteiger partial charge in [-0.1, -0.05) is 5.16 Å². The van der Waals surface area contributed by atoms with Crippen molar-refractivity contribution in [2.75, 3.05) is 12.8 Å². The number of nitrogen functional groups attached to an aromatic ring is 1. The minimum atomic E-state index is -0.340. The molecule has 0 radical (unpaired) electrons. The van der Waals surface area contributed by atoms with Gasteiger partial charge in [-0.25, -0.2) is 0 Å². The van der Waals surface area contributed by atoms with Gasteiger partial charge in [0.1, 0.15) is 10.5 Å². The van der Waals surface area contributed by atoms with Crippen molar-refractivity contribution in [3.05, 3.63) is 17.3 Å². The molecule has 1 aliphatic carbocycles. The van der Waals surface area contributed by atoms with Crippen LogP contribution in [0.4, 0.5) is 5.69 Å². The lowest BCUT2D eigenvalue weighted by atomic mass is 9.79. The van der Waals surface area contributed by atoms with Crippen LogP contribution < -0.4 is 5.73 Å². The number of anilines is 1. The average molecular weight is 251 g/mol. The van der Waals surface area contributed by atoms with Gasteiger partial charge >= 0.3 is 0 Å². The fraction of sp³-hybridized carbons (Fsp3) is 0.455. The molecule has 0 saturated heterocycles. The van der Waals surface area contributed by atoms with Crippen LogP contribution in [0.5, 0.6) is 0 Å². The monoisotopic (exact) mass is 251 g/mol. The van der Waals surface area contributed by atoms with Crippen molar-refractivity contribution in [3.8, 4) is 10.8 Å². The molecule has 0 bridgehead atoms. The lowest BCUT2D eigenvalue weighted by Crippen LogP contribution is -2.37. The summed E-state index contributed by atoms with van der Waals surface area (Å²) in [5.41, 5.74) is 6.15. The highest BCUT2D eigenvalue weighted by molar-refractivity contribution is 7.14. The van der Waals surface area contributed by atoms with Crippen LogP contribution in [-0.4, -0.2) is 17.3 Å². The fourth-order valence-electron chi connectivity index (χ4n) is 2.01. The molecule has 6 heteroatoms. The Bertz CT molecular complexity index is 525. The SMILES string of the molecule is COC1(c2noc(-c3sccc3N)n2)CCC1. The standard InChI is InChI=1S/C11H13N3O2S/c1-15-11(4-2-5-11)10-13-9(16-14-10)8-7(12)3-6-17-8/h3,6H,2,4-5,12H2,1H3. The summed E-state index contributed by atoms with van der Waals surface area (Å²) in [5.74, 6) is 1.12. The van der Waals surface area contributed by atoms with E-state index in [2.05, 4.69) is 10.1 Å². The maximum atomic E-state index is 5.82. The molecular formula is C11H13N3O2S. The summed E-state index contributed by atoms with van der Waals surface area (Å²) in [4.78, 5) is 5.23. The predicted molar refractivity (Wildman–Crippen MR) is 64.6 cm³/mol. The normalized spacial score (nSPS) is 17.9. The molecule has 1 saturated carbocycles. The van der Waals surface area contributed by atoms with E-state index in [9.17, 15) is 0 Å². The minimum Gasteiger partial charge on any atom is -0.397 e. The van der Waals surface area contributed by atoms with Crippen molar-refractivity contribution in [2.24, 2.45) is 0 Å². The van der Waals surface area contributed by atoms with Gasteiger partial charge in [0.05, 0.1) is 5.69 Å². The Hall–Kier alpha value is -1.40. The van der Waals surface area contributed by atoms with E-state index in [1.54, 1.807) is 7.11 Å². The van der Waals surface area contributed by atoms with Crippen molar-refractivity contribution >= 4 is 17.0 Å². The molecule has 0 aliphatic heterocycles. The number of methoxy groups -OCH3 is 1. The van der Waals surface area contributed by atoms with E-state index in [1.807, 2.05) is 11.4 Å². The van der Waals surface area contributed by atoms with E-state index in [4.69, 9.17) is 15.0 Å². The molecule has 0 unspecified atom stereocenters. The van der Waals surface area contributed by atoms with Crippen LogP contribution in [0.3, 0.4) is 0 Å². The number of aromatic nitrogens is 2. The summed E-state index contributed by atoms with van der Waals surface area (Å²) in [7, 11) is 1.69. The molecule has 0 spiro atoms. The number of hydrogen-bond donors (Lipinski definition) is 1. The summed E-state index contributed by atoms with van der Waals surface area (Å²) in [6, 6.07) is 1.83. The Morgan fingerprint density at radius 3 is 2.88 bits per heavy atom. The van der Waals surface area contributed by atoms with Crippen molar-refractivity contribution in [2.45, 2.75) is 24.9 Å². The van der Waals surface area contributed by atoms with E-state index in [-0.39, 0.29) is 5.60 Å². The first kappa shape index (κ1) is 10.7. The second kappa shape index (κ2) is 3.82. The molecule has 0 atom stereocenters. The van der Waals surface area contributed by atoms with E-state index >= 15 is 0 Å². The van der Waals surface area contributed by atoms with Crippen LogP contribution in [0.25, 0.3) is 10.8 Å². The highest BCUT2D eigenvalue weighted by Crippen LogP contribution is 2.43. The number of nitrogens with two attached hydrogens (primary N) is 1. The second-order valence-electron chi connectivity index (χ2n) is 4.18. The largest absolute Gasteiger partial charge is 0.397 e. The Balaban J connectivity index is 1.96. The maximum Gasteiger partial charge on any atom is 0.270 e. The van der Waals surface area contributed by atoms with Crippen LogP contribution in [-0.2, 0) is 10.3 Å². The highest BCUT2D eigenvalue weighted by Gasteiger charge is 2.43. The topological polar surface area (TPSA) is 74.2 Å². The van der Waals surface area contributed by atoms with E-state index in [0.29, 0.717) is 17.4 Å². The highest BCUT2D eigenvalue weighted by atomic mass is 32.1. The number of thiophene rings is 1. The summed E-state index contributed by atoms with van der Waals surface area (Å²) >= 11 is 1.50. The first-order valence-electron chi connectivity index (χ1n) is 5.48. The van der Waals surface area contributed by atoms with E-state index < -0.39 is 0 Å². The third kappa shape index (κ3) is 1.56. The van der Waals surface area contributed by atoms with Gasteiger partial charge in [0.25, 0.3) is 5.89 Å². The average Bonchev–Trinajstić information content (AvgIpc) is 2.86. The lowest BCUT2D eigenvalue weighted by Gasteiger charge is -2.37. The molecule has 1 aliphatic rings. The Morgan fingerprint density at radius 1 is 1.53 bits per heavy atom. The molecule has 2 aromatic heterocycles. The van der Waals surface area contributed by atoms with Crippen LogP contribution in [0.2, 0.25) is 0 Å². The molecule has 2 N–H and O–H groups in total. The zero-order valence-corrected chi connectivity index (χ0v) is 10.3. The van der Waals surface area contributed by atoms with Crippen LogP contribution in [0.15, 0.2) is 16.0 Å². The fourth-order valence-corrected chi connectivity index (χ4v) is 2.75. The number of hydrogen-bond acceptors (Lipinski definition) is 6. The van der Waals surface area contributed by atoms with Gasteiger partial charge < -0.3 is 15.0 Å². The molecule has 17 heavy (non-hydrogen) atoms. The van der Waals surface area contributed by atoms with Gasteiger partial charge in [0.15, 0.2) is 0 Å². The van der Waals surface area contributed by atoms with Crippen molar-refractivity contribution < 1.29 is 9.26 Å². The van der Waals surface area contributed by atoms with Crippen molar-refractivity contribution in [1.29, 1.82) is 0 Å². The summed E-state index contributed by atoms with van der Waals surface area (Å²) in [6.45, 7) is 0. The molecule has 0 aromatic carbocycles. The molecule has 1 fully saturated rings.